The fourth-order valence-corrected chi connectivity index (χ4v) is 2.48. The Kier molecular flexibility index (Phi) is 6.32. The van der Waals surface area contributed by atoms with E-state index in [0.29, 0.717) is 0 Å². The number of hydrogen-bond acceptors (Lipinski definition) is 3. The van der Waals surface area contributed by atoms with Crippen LogP contribution in [0.25, 0.3) is 0 Å². The minimum Gasteiger partial charge on any atom is -0.393 e. The molecule has 1 fully saturated rings. The van der Waals surface area contributed by atoms with E-state index in [1.54, 1.807) is 0 Å². The molecule has 0 aliphatic carbocycles. The number of likely N-dealkylation sites (tertiary alicyclic amines) is 1. The highest BCUT2D eigenvalue weighted by Gasteiger charge is 2.20. The molecule has 1 aliphatic rings. The summed E-state index contributed by atoms with van der Waals surface area (Å²) in [7, 11) is 4.46. The highest BCUT2D eigenvalue weighted by molar-refractivity contribution is 4.77. The van der Waals surface area contributed by atoms with Crippen LogP contribution in [0, 0.1) is 0 Å². The number of piperidine rings is 1. The van der Waals surface area contributed by atoms with Gasteiger partial charge in [0.25, 0.3) is 0 Å². The summed E-state index contributed by atoms with van der Waals surface area (Å²) in [5.74, 6) is 0. The molecular weight excluding hydrogens is 200 g/mol. The van der Waals surface area contributed by atoms with Gasteiger partial charge in [-0.2, -0.15) is 0 Å². The van der Waals surface area contributed by atoms with Crippen LogP contribution < -0.4 is 0 Å². The van der Waals surface area contributed by atoms with Crippen LogP contribution in [0.15, 0.2) is 0 Å². The normalized spacial score (nSPS) is 24.9. The van der Waals surface area contributed by atoms with Crippen molar-refractivity contribution >= 4 is 0 Å². The molecule has 1 heterocycles. The van der Waals surface area contributed by atoms with Crippen LogP contribution in [-0.4, -0.2) is 60.8 Å². The lowest BCUT2D eigenvalue weighted by molar-refractivity contribution is 0.130. The molecule has 0 spiro atoms. The molecule has 3 nitrogen and oxygen atoms in total. The van der Waals surface area contributed by atoms with Crippen molar-refractivity contribution in [1.82, 2.24) is 9.80 Å². The molecule has 3 heteroatoms. The number of rotatable bonds is 6. The van der Waals surface area contributed by atoms with Gasteiger partial charge in [0.15, 0.2) is 0 Å². The van der Waals surface area contributed by atoms with Crippen LogP contribution in [0.1, 0.15) is 39.0 Å². The fourth-order valence-electron chi connectivity index (χ4n) is 2.48. The Morgan fingerprint density at radius 2 is 2.19 bits per heavy atom. The van der Waals surface area contributed by atoms with E-state index in [4.69, 9.17) is 0 Å². The second-order valence-electron chi connectivity index (χ2n) is 5.38. The lowest BCUT2D eigenvalue weighted by atomic mass is 10.0. The quantitative estimate of drug-likeness (QED) is 0.699. The molecule has 0 amide bonds. The predicted octanol–water partition coefficient (Wildman–Crippen LogP) is 1.56. The Morgan fingerprint density at radius 1 is 1.44 bits per heavy atom. The highest BCUT2D eigenvalue weighted by Crippen LogP contribution is 2.14. The predicted molar refractivity (Wildman–Crippen MR) is 68.7 cm³/mol. The minimum absolute atomic E-state index is 0.133. The molecule has 0 bridgehead atoms. The maximum atomic E-state index is 9.18. The average molecular weight is 228 g/mol. The smallest absolute Gasteiger partial charge is 0.0512 e. The first-order chi connectivity index (χ1) is 7.59. The third kappa shape index (κ3) is 5.28. The van der Waals surface area contributed by atoms with Gasteiger partial charge < -0.3 is 14.9 Å². The number of likely N-dealkylation sites (N-methyl/N-ethyl adjacent to an activating group) is 2. The van der Waals surface area contributed by atoms with Crippen molar-refractivity contribution in [3.63, 3.8) is 0 Å². The highest BCUT2D eigenvalue weighted by atomic mass is 16.3. The zero-order valence-corrected chi connectivity index (χ0v) is 11.2. The topological polar surface area (TPSA) is 26.7 Å². The first-order valence-corrected chi connectivity index (χ1v) is 6.66. The van der Waals surface area contributed by atoms with Gasteiger partial charge in [-0.25, -0.2) is 0 Å². The van der Waals surface area contributed by atoms with Crippen LogP contribution in [0.3, 0.4) is 0 Å². The van der Waals surface area contributed by atoms with Gasteiger partial charge >= 0.3 is 0 Å². The van der Waals surface area contributed by atoms with Gasteiger partial charge in [0.1, 0.15) is 0 Å². The summed E-state index contributed by atoms with van der Waals surface area (Å²) < 4.78 is 0. The molecule has 0 aromatic carbocycles. The monoisotopic (exact) mass is 228 g/mol. The zero-order valence-electron chi connectivity index (χ0n) is 11.2. The SMILES string of the molecule is CC(O)CCCCN(C)C1CCCN(C)C1. The van der Waals surface area contributed by atoms with Crippen LogP contribution in [0.5, 0.6) is 0 Å². The van der Waals surface area contributed by atoms with Crippen molar-refractivity contribution in [3.05, 3.63) is 0 Å². The Morgan fingerprint density at radius 3 is 2.81 bits per heavy atom. The molecule has 0 saturated carbocycles. The molecule has 96 valence electrons. The molecular formula is C13H28N2O. The second-order valence-corrected chi connectivity index (χ2v) is 5.38. The first kappa shape index (κ1) is 13.9. The minimum atomic E-state index is -0.133. The summed E-state index contributed by atoms with van der Waals surface area (Å²) in [6.45, 7) is 5.52. The third-order valence-corrected chi connectivity index (χ3v) is 3.61. The summed E-state index contributed by atoms with van der Waals surface area (Å²) in [6.07, 6.45) is 5.84. The van der Waals surface area contributed by atoms with Gasteiger partial charge in [0.05, 0.1) is 6.10 Å². The fraction of sp³-hybridized carbons (Fsp3) is 1.00. The maximum absolute atomic E-state index is 9.18. The van der Waals surface area contributed by atoms with E-state index < -0.39 is 0 Å². The zero-order chi connectivity index (χ0) is 12.0. The molecule has 0 radical (unpaired) electrons. The van der Waals surface area contributed by atoms with Crippen LogP contribution in [-0.2, 0) is 0 Å². The van der Waals surface area contributed by atoms with Gasteiger partial charge in [0.2, 0.25) is 0 Å². The summed E-state index contributed by atoms with van der Waals surface area (Å²) in [5.41, 5.74) is 0. The van der Waals surface area contributed by atoms with Crippen LogP contribution in [0.2, 0.25) is 0 Å². The number of nitrogens with zero attached hydrogens (tertiary/aromatic N) is 2. The Bertz CT molecular complexity index is 185. The molecule has 2 atom stereocenters. The number of unbranched alkanes of at least 4 members (excludes halogenated alkanes) is 1. The van der Waals surface area contributed by atoms with E-state index in [1.807, 2.05) is 6.92 Å². The van der Waals surface area contributed by atoms with E-state index in [2.05, 4.69) is 23.9 Å². The van der Waals surface area contributed by atoms with Crippen molar-refractivity contribution in [1.29, 1.82) is 0 Å². The molecule has 16 heavy (non-hydrogen) atoms. The molecule has 2 unspecified atom stereocenters. The summed E-state index contributed by atoms with van der Waals surface area (Å²) in [5, 5.41) is 9.18. The van der Waals surface area contributed by atoms with Gasteiger partial charge in [-0.1, -0.05) is 0 Å². The third-order valence-electron chi connectivity index (χ3n) is 3.61. The van der Waals surface area contributed by atoms with E-state index in [9.17, 15) is 5.11 Å². The van der Waals surface area contributed by atoms with E-state index in [0.717, 1.165) is 18.9 Å². The van der Waals surface area contributed by atoms with Gasteiger partial charge in [0, 0.05) is 12.6 Å². The van der Waals surface area contributed by atoms with Crippen LogP contribution >= 0.6 is 0 Å². The van der Waals surface area contributed by atoms with E-state index in [1.165, 1.54) is 38.9 Å². The molecule has 1 saturated heterocycles. The van der Waals surface area contributed by atoms with Gasteiger partial charge in [-0.05, 0) is 66.2 Å². The number of aliphatic hydroxyl groups is 1. The number of aliphatic hydroxyl groups excluding tert-OH is 1. The van der Waals surface area contributed by atoms with Crippen molar-refractivity contribution < 1.29 is 5.11 Å². The second kappa shape index (κ2) is 7.25. The molecule has 0 aromatic rings. The lowest BCUT2D eigenvalue weighted by Crippen LogP contribution is -2.45. The standard InChI is InChI=1S/C13H28N2O/c1-12(16)7-4-5-10-15(3)13-8-6-9-14(2)11-13/h12-13,16H,4-11H2,1-3H3. The Labute approximate surface area is 100 Å². The van der Waals surface area contributed by atoms with Crippen molar-refractivity contribution in [2.75, 3.05) is 33.7 Å². The summed E-state index contributed by atoms with van der Waals surface area (Å²) >= 11 is 0. The molecule has 1 rings (SSSR count). The van der Waals surface area contributed by atoms with Gasteiger partial charge in [-0.15, -0.1) is 0 Å². The maximum Gasteiger partial charge on any atom is 0.0512 e. The Hall–Kier alpha value is -0.120. The summed E-state index contributed by atoms with van der Waals surface area (Å²) in [6, 6.07) is 0.741. The van der Waals surface area contributed by atoms with Crippen molar-refractivity contribution in [3.8, 4) is 0 Å². The largest absolute Gasteiger partial charge is 0.393 e. The van der Waals surface area contributed by atoms with E-state index in [-0.39, 0.29) is 6.10 Å². The summed E-state index contributed by atoms with van der Waals surface area (Å²) in [4.78, 5) is 4.93. The number of hydrogen-bond donors (Lipinski definition) is 1. The van der Waals surface area contributed by atoms with Crippen LogP contribution in [0.4, 0.5) is 0 Å². The molecule has 1 N–H and O–H groups in total. The molecule has 1 aliphatic heterocycles. The first-order valence-electron chi connectivity index (χ1n) is 6.66. The lowest BCUT2D eigenvalue weighted by Gasteiger charge is -2.35. The molecule has 0 aromatic heterocycles. The Balaban J connectivity index is 2.11. The van der Waals surface area contributed by atoms with Crippen molar-refractivity contribution in [2.45, 2.75) is 51.2 Å². The average Bonchev–Trinajstić information content (AvgIpc) is 2.24. The van der Waals surface area contributed by atoms with Crippen molar-refractivity contribution in [2.24, 2.45) is 0 Å². The van der Waals surface area contributed by atoms with Gasteiger partial charge in [-0.3, -0.25) is 0 Å². The van der Waals surface area contributed by atoms with E-state index >= 15 is 0 Å².